The molecule has 0 unspecified atom stereocenters. The third kappa shape index (κ3) is 8.36. The van der Waals surface area contributed by atoms with Gasteiger partial charge in [0.15, 0.2) is 0 Å². The fourth-order valence-corrected chi connectivity index (χ4v) is 4.46. The number of hydrogen-bond donors (Lipinski definition) is 0. The standard InChI is InChI=1S/C25H36Cl2N2O4S/c1-8-14-32-21-16-20(27)19(26)15-18(21)22(28-34(31)25(5,6)7)17-10-9-12-29(13-11-17)23(30)33-24(2,3)4/h8,15-17H,1,9-14H2,2-7H3/t17-,34-/m0/s1. The molecule has 1 aromatic rings. The summed E-state index contributed by atoms with van der Waals surface area (Å²) >= 11 is 11.1. The van der Waals surface area contributed by atoms with E-state index < -0.39 is 21.7 Å². The second-order valence-corrected chi connectivity index (χ2v) is 13.0. The van der Waals surface area contributed by atoms with Gasteiger partial charge in [0, 0.05) is 30.6 Å². The lowest BCUT2D eigenvalue weighted by molar-refractivity contribution is 0.0256. The molecule has 1 heterocycles. The smallest absolute Gasteiger partial charge is 0.410 e. The summed E-state index contributed by atoms with van der Waals surface area (Å²) in [6.07, 6.45) is 3.48. The van der Waals surface area contributed by atoms with E-state index in [1.807, 2.05) is 41.5 Å². The van der Waals surface area contributed by atoms with E-state index in [1.165, 1.54) is 0 Å². The second-order valence-electron chi connectivity index (χ2n) is 10.3. The number of halogens is 2. The van der Waals surface area contributed by atoms with E-state index in [9.17, 15) is 9.35 Å². The summed E-state index contributed by atoms with van der Waals surface area (Å²) in [5.41, 5.74) is 0.748. The molecule has 0 saturated carbocycles. The van der Waals surface area contributed by atoms with Crippen LogP contribution in [0.2, 0.25) is 10.0 Å². The molecule has 2 rings (SSSR count). The molecule has 1 saturated heterocycles. The molecule has 1 aliphatic heterocycles. The quantitative estimate of drug-likeness (QED) is 0.229. The van der Waals surface area contributed by atoms with Crippen LogP contribution < -0.4 is 4.74 Å². The van der Waals surface area contributed by atoms with Crippen molar-refractivity contribution in [3.05, 3.63) is 40.4 Å². The first-order valence-corrected chi connectivity index (χ1v) is 13.3. The minimum absolute atomic E-state index is 0.0536. The van der Waals surface area contributed by atoms with Gasteiger partial charge in [-0.05, 0) is 66.9 Å². The Bertz CT molecular complexity index is 909. The number of likely N-dealkylation sites (tertiary alicyclic amines) is 1. The topological polar surface area (TPSA) is 74.2 Å². The number of carbonyl (C=O) groups is 1. The van der Waals surface area contributed by atoms with Crippen molar-refractivity contribution < 1.29 is 18.8 Å². The predicted molar refractivity (Wildman–Crippen MR) is 142 cm³/mol. The SMILES string of the molecule is C=CCOc1cc(Cl)c(Cl)cc1C(=N[S@@+]([O-])C(C)(C)C)[C@H]1CCCN(C(=O)OC(C)(C)C)CC1. The van der Waals surface area contributed by atoms with Gasteiger partial charge in [-0.2, -0.15) is 0 Å². The molecular weight excluding hydrogens is 495 g/mol. The second kappa shape index (κ2) is 12.0. The van der Waals surface area contributed by atoms with Gasteiger partial charge in [-0.15, -0.1) is 0 Å². The number of rotatable bonds is 6. The van der Waals surface area contributed by atoms with Crippen molar-refractivity contribution in [3.63, 3.8) is 0 Å². The lowest BCUT2D eigenvalue weighted by atomic mass is 9.90. The van der Waals surface area contributed by atoms with E-state index >= 15 is 0 Å². The average Bonchev–Trinajstić information content (AvgIpc) is 2.97. The Labute approximate surface area is 217 Å². The minimum atomic E-state index is -1.50. The van der Waals surface area contributed by atoms with E-state index in [-0.39, 0.29) is 18.6 Å². The van der Waals surface area contributed by atoms with Crippen molar-refractivity contribution in [2.24, 2.45) is 10.3 Å². The summed E-state index contributed by atoms with van der Waals surface area (Å²) in [6, 6.07) is 3.37. The molecule has 2 atom stereocenters. The molecule has 0 radical (unpaired) electrons. The molecule has 0 aromatic heterocycles. The Morgan fingerprint density at radius 2 is 1.85 bits per heavy atom. The number of benzene rings is 1. The molecule has 0 N–H and O–H groups in total. The van der Waals surface area contributed by atoms with Crippen molar-refractivity contribution in [3.8, 4) is 5.75 Å². The first kappa shape index (κ1) is 28.8. The molecule has 190 valence electrons. The monoisotopic (exact) mass is 530 g/mol. The lowest BCUT2D eigenvalue weighted by Gasteiger charge is -2.26. The minimum Gasteiger partial charge on any atom is -0.591 e. The van der Waals surface area contributed by atoms with E-state index in [0.717, 1.165) is 12.8 Å². The molecule has 9 heteroatoms. The molecule has 34 heavy (non-hydrogen) atoms. The van der Waals surface area contributed by atoms with Crippen LogP contribution in [0, 0.1) is 5.92 Å². The molecule has 1 fully saturated rings. The van der Waals surface area contributed by atoms with Gasteiger partial charge >= 0.3 is 6.09 Å². The van der Waals surface area contributed by atoms with Gasteiger partial charge in [0.25, 0.3) is 0 Å². The molecule has 0 spiro atoms. The Kier molecular flexibility index (Phi) is 10.2. The van der Waals surface area contributed by atoms with Gasteiger partial charge in [0.2, 0.25) is 0 Å². The first-order valence-electron chi connectivity index (χ1n) is 11.4. The fourth-order valence-electron chi connectivity index (χ4n) is 3.45. The van der Waals surface area contributed by atoms with Crippen molar-refractivity contribution in [2.45, 2.75) is 71.2 Å². The van der Waals surface area contributed by atoms with Crippen molar-refractivity contribution in [2.75, 3.05) is 19.7 Å². The molecule has 6 nitrogen and oxygen atoms in total. The Hall–Kier alpha value is -1.41. The maximum atomic E-state index is 13.1. The number of carbonyl (C=O) groups excluding carboxylic acids is 1. The van der Waals surface area contributed by atoms with E-state index in [4.69, 9.17) is 37.1 Å². The molecule has 1 aromatic carbocycles. The van der Waals surface area contributed by atoms with E-state index in [0.29, 0.717) is 46.6 Å². The average molecular weight is 532 g/mol. The number of ether oxygens (including phenoxy) is 2. The number of hydrogen-bond acceptors (Lipinski definition) is 5. The summed E-state index contributed by atoms with van der Waals surface area (Å²) in [6.45, 7) is 16.3. The third-order valence-electron chi connectivity index (χ3n) is 5.13. The van der Waals surface area contributed by atoms with Crippen LogP contribution in [0.15, 0.2) is 29.2 Å². The zero-order valence-electron chi connectivity index (χ0n) is 21.0. The maximum absolute atomic E-state index is 13.1. The van der Waals surface area contributed by atoms with Crippen LogP contribution in [0.3, 0.4) is 0 Å². The van der Waals surface area contributed by atoms with Gasteiger partial charge in [-0.1, -0.05) is 40.3 Å². The van der Waals surface area contributed by atoms with Crippen molar-refractivity contribution in [1.82, 2.24) is 4.90 Å². The molecule has 1 aliphatic rings. The van der Waals surface area contributed by atoms with Gasteiger partial charge in [-0.25, -0.2) is 4.79 Å². The van der Waals surface area contributed by atoms with Gasteiger partial charge in [0.05, 0.1) is 10.0 Å². The van der Waals surface area contributed by atoms with Crippen LogP contribution in [0.5, 0.6) is 5.75 Å². The highest BCUT2D eigenvalue weighted by molar-refractivity contribution is 7.91. The van der Waals surface area contributed by atoms with Gasteiger partial charge in [-0.3, -0.25) is 0 Å². The van der Waals surface area contributed by atoms with Crippen LogP contribution in [0.25, 0.3) is 0 Å². The number of nitrogens with zero attached hydrogens (tertiary/aromatic N) is 2. The predicted octanol–water partition coefficient (Wildman–Crippen LogP) is 6.85. The number of amides is 1. The zero-order valence-corrected chi connectivity index (χ0v) is 23.3. The van der Waals surface area contributed by atoms with Crippen LogP contribution in [0.4, 0.5) is 4.79 Å². The summed E-state index contributed by atoms with van der Waals surface area (Å²) in [7, 11) is 0. The molecular formula is C25H36Cl2N2O4S. The van der Waals surface area contributed by atoms with Crippen LogP contribution >= 0.6 is 23.2 Å². The summed E-state index contributed by atoms with van der Waals surface area (Å²) < 4.78 is 28.7. The highest BCUT2D eigenvalue weighted by atomic mass is 35.5. The highest BCUT2D eigenvalue weighted by Crippen LogP contribution is 2.36. The summed E-state index contributed by atoms with van der Waals surface area (Å²) in [5, 5.41) is 0.721. The molecule has 0 bridgehead atoms. The van der Waals surface area contributed by atoms with E-state index in [1.54, 1.807) is 23.1 Å². The fraction of sp³-hybridized carbons (Fsp3) is 0.600. The van der Waals surface area contributed by atoms with Gasteiger partial charge in [0.1, 0.15) is 39.8 Å². The summed E-state index contributed by atoms with van der Waals surface area (Å²) in [4.78, 5) is 14.4. The zero-order chi connectivity index (χ0) is 25.7. The molecule has 0 aliphatic carbocycles. The Morgan fingerprint density at radius 1 is 1.21 bits per heavy atom. The summed E-state index contributed by atoms with van der Waals surface area (Å²) in [5.74, 6) is 0.453. The Balaban J connectivity index is 2.45. The maximum Gasteiger partial charge on any atom is 0.410 e. The third-order valence-corrected chi connectivity index (χ3v) is 7.26. The van der Waals surface area contributed by atoms with Crippen LogP contribution in [-0.4, -0.2) is 51.3 Å². The lowest BCUT2D eigenvalue weighted by Crippen LogP contribution is -2.37. The highest BCUT2D eigenvalue weighted by Gasteiger charge is 2.33. The largest absolute Gasteiger partial charge is 0.591 e. The van der Waals surface area contributed by atoms with Gasteiger partial charge < -0.3 is 18.9 Å². The van der Waals surface area contributed by atoms with Crippen molar-refractivity contribution in [1.29, 1.82) is 0 Å². The molecule has 1 amide bonds. The van der Waals surface area contributed by atoms with Crippen LogP contribution in [0.1, 0.15) is 66.4 Å². The van der Waals surface area contributed by atoms with Crippen LogP contribution in [-0.2, 0) is 16.1 Å². The van der Waals surface area contributed by atoms with E-state index in [2.05, 4.69) is 6.58 Å². The normalized spacial score (nSPS) is 18.8. The first-order chi connectivity index (χ1) is 15.7. The Morgan fingerprint density at radius 3 is 2.44 bits per heavy atom. The van der Waals surface area contributed by atoms with Crippen molar-refractivity contribution >= 4 is 46.4 Å².